The van der Waals surface area contributed by atoms with E-state index in [9.17, 15) is 4.79 Å². The van der Waals surface area contributed by atoms with Gasteiger partial charge in [0.15, 0.2) is 0 Å². The number of nitrogens with one attached hydrogen (secondary N) is 1. The van der Waals surface area contributed by atoms with E-state index in [0.717, 1.165) is 48.1 Å². The number of likely N-dealkylation sites (tertiary alicyclic amines) is 1. The summed E-state index contributed by atoms with van der Waals surface area (Å²) in [6, 6.07) is 3.97. The van der Waals surface area contributed by atoms with Gasteiger partial charge in [0.2, 0.25) is 0 Å². The summed E-state index contributed by atoms with van der Waals surface area (Å²) in [5, 5.41) is 3.31. The third-order valence-electron chi connectivity index (χ3n) is 6.89. The van der Waals surface area contributed by atoms with Crippen molar-refractivity contribution in [2.45, 2.75) is 57.6 Å². The number of ether oxygens (including phenoxy) is 1. The van der Waals surface area contributed by atoms with Gasteiger partial charge in [-0.2, -0.15) is 0 Å². The molecule has 0 aromatic heterocycles. The Balaban J connectivity index is 1.23. The van der Waals surface area contributed by atoms with E-state index in [1.54, 1.807) is 6.07 Å². The van der Waals surface area contributed by atoms with Gasteiger partial charge in [0, 0.05) is 43.2 Å². The smallest absolute Gasteiger partial charge is 0.251 e. The molecule has 2 unspecified atom stereocenters. The highest BCUT2D eigenvalue weighted by Crippen LogP contribution is 2.42. The zero-order chi connectivity index (χ0) is 18.8. The Hall–Kier alpha value is -1.75. The molecular formula is C22H31N3O2. The number of nitrogens with two attached hydrogens (primary N) is 1. The topological polar surface area (TPSA) is 67.6 Å². The van der Waals surface area contributed by atoms with Gasteiger partial charge >= 0.3 is 0 Å². The highest BCUT2D eigenvalue weighted by atomic mass is 16.5. The summed E-state index contributed by atoms with van der Waals surface area (Å²) in [5.41, 5.74) is 8.10. The molecule has 5 nitrogen and oxygen atoms in total. The highest BCUT2D eigenvalue weighted by Gasteiger charge is 2.43. The molecule has 5 rings (SSSR count). The predicted octanol–water partition coefficient (Wildman–Crippen LogP) is 2.83. The molecule has 0 spiro atoms. The normalized spacial score (nSPS) is 31.4. The number of nitrogen functional groups attached to an aromatic ring is 1. The van der Waals surface area contributed by atoms with Crippen LogP contribution in [0, 0.1) is 17.8 Å². The van der Waals surface area contributed by atoms with Crippen LogP contribution < -0.4 is 15.8 Å². The second-order valence-electron chi connectivity index (χ2n) is 9.87. The molecule has 4 aliphatic rings. The number of benzene rings is 1. The molecule has 3 N–H and O–H groups in total. The molecule has 2 saturated carbocycles. The van der Waals surface area contributed by atoms with Crippen molar-refractivity contribution < 1.29 is 9.53 Å². The highest BCUT2D eigenvalue weighted by molar-refractivity contribution is 5.97. The Kier molecular flexibility index (Phi) is 3.94. The van der Waals surface area contributed by atoms with Gasteiger partial charge in [-0.3, -0.25) is 4.79 Å². The standard InChI is InChI=1S/C22H31N3O2/c1-22(2)9-18-17(5-6-19(23)20(18)27-22)21(26)24-16-7-14-11-25(10-13-3-4-13)12-15(14)8-16/h5-6,13-16H,3-4,7-12,23H2,1-2H3,(H,24,26). The summed E-state index contributed by atoms with van der Waals surface area (Å²) >= 11 is 0. The van der Waals surface area contributed by atoms with Gasteiger partial charge in [-0.25, -0.2) is 0 Å². The van der Waals surface area contributed by atoms with E-state index in [2.05, 4.69) is 10.2 Å². The van der Waals surface area contributed by atoms with Crippen LogP contribution in [-0.2, 0) is 6.42 Å². The van der Waals surface area contributed by atoms with Crippen LogP contribution >= 0.6 is 0 Å². The molecule has 1 aromatic rings. The first-order chi connectivity index (χ1) is 12.9. The molecule has 1 aromatic carbocycles. The molecule has 27 heavy (non-hydrogen) atoms. The van der Waals surface area contributed by atoms with Crippen molar-refractivity contribution in [3.8, 4) is 5.75 Å². The second-order valence-corrected chi connectivity index (χ2v) is 9.87. The van der Waals surface area contributed by atoms with Crippen molar-refractivity contribution in [3.63, 3.8) is 0 Å². The lowest BCUT2D eigenvalue weighted by molar-refractivity contribution is 0.0934. The monoisotopic (exact) mass is 369 g/mol. The van der Waals surface area contributed by atoms with Crippen molar-refractivity contribution in [1.29, 1.82) is 0 Å². The Labute approximate surface area is 161 Å². The largest absolute Gasteiger partial charge is 0.485 e. The third kappa shape index (κ3) is 3.31. The molecular weight excluding hydrogens is 338 g/mol. The number of rotatable bonds is 4. The van der Waals surface area contributed by atoms with Crippen LogP contribution in [-0.4, -0.2) is 42.1 Å². The van der Waals surface area contributed by atoms with Gasteiger partial charge < -0.3 is 20.7 Å². The molecule has 5 heteroatoms. The van der Waals surface area contributed by atoms with Gasteiger partial charge in [-0.15, -0.1) is 0 Å². The third-order valence-corrected chi connectivity index (χ3v) is 6.89. The van der Waals surface area contributed by atoms with E-state index in [0.29, 0.717) is 17.5 Å². The lowest BCUT2D eigenvalue weighted by Crippen LogP contribution is -2.35. The predicted molar refractivity (Wildman–Crippen MR) is 106 cm³/mol. The van der Waals surface area contributed by atoms with Gasteiger partial charge in [-0.05, 0) is 69.4 Å². The minimum atomic E-state index is -0.303. The van der Waals surface area contributed by atoms with Crippen molar-refractivity contribution in [2.24, 2.45) is 17.8 Å². The summed E-state index contributed by atoms with van der Waals surface area (Å²) in [6.45, 7) is 7.84. The Bertz CT molecular complexity index is 757. The zero-order valence-electron chi connectivity index (χ0n) is 16.5. The maximum absolute atomic E-state index is 13.0. The first-order valence-electron chi connectivity index (χ1n) is 10.5. The van der Waals surface area contributed by atoms with Crippen LogP contribution in [0.3, 0.4) is 0 Å². The second kappa shape index (κ2) is 6.13. The molecule has 3 fully saturated rings. The first-order valence-corrected chi connectivity index (χ1v) is 10.5. The van der Waals surface area contributed by atoms with Crippen LogP contribution in [0.5, 0.6) is 5.75 Å². The molecule has 146 valence electrons. The lowest BCUT2D eigenvalue weighted by Gasteiger charge is -2.20. The molecule has 2 heterocycles. The van der Waals surface area contributed by atoms with E-state index in [4.69, 9.17) is 10.5 Å². The fraction of sp³-hybridized carbons (Fsp3) is 0.682. The van der Waals surface area contributed by atoms with Gasteiger partial charge in [-0.1, -0.05) is 0 Å². The number of anilines is 1. The molecule has 2 atom stereocenters. The molecule has 1 amide bonds. The van der Waals surface area contributed by atoms with E-state index in [1.165, 1.54) is 32.5 Å². The number of fused-ring (bicyclic) bond motifs is 2. The molecule has 0 radical (unpaired) electrons. The van der Waals surface area contributed by atoms with Crippen LogP contribution in [0.1, 0.15) is 55.5 Å². The fourth-order valence-corrected chi connectivity index (χ4v) is 5.49. The summed E-state index contributed by atoms with van der Waals surface area (Å²) in [5.74, 6) is 3.22. The maximum atomic E-state index is 13.0. The van der Waals surface area contributed by atoms with E-state index < -0.39 is 0 Å². The van der Waals surface area contributed by atoms with Crippen molar-refractivity contribution in [1.82, 2.24) is 10.2 Å². The van der Waals surface area contributed by atoms with Crippen LogP contribution in [0.15, 0.2) is 12.1 Å². The Morgan fingerprint density at radius 3 is 2.63 bits per heavy atom. The van der Waals surface area contributed by atoms with Crippen molar-refractivity contribution >= 4 is 11.6 Å². The fourth-order valence-electron chi connectivity index (χ4n) is 5.49. The first kappa shape index (κ1) is 17.4. The van der Waals surface area contributed by atoms with E-state index in [1.807, 2.05) is 19.9 Å². The number of hydrogen-bond donors (Lipinski definition) is 2. The SMILES string of the molecule is CC1(C)Cc2c(C(=O)NC3CC4CN(CC5CC5)CC4C3)ccc(N)c2O1. The van der Waals surface area contributed by atoms with Crippen molar-refractivity contribution in [2.75, 3.05) is 25.4 Å². The number of nitrogens with zero attached hydrogens (tertiary/aromatic N) is 1. The minimum absolute atomic E-state index is 0.0346. The number of hydrogen-bond acceptors (Lipinski definition) is 4. The summed E-state index contributed by atoms with van der Waals surface area (Å²) < 4.78 is 5.98. The van der Waals surface area contributed by atoms with Crippen molar-refractivity contribution in [3.05, 3.63) is 23.3 Å². The van der Waals surface area contributed by atoms with Crippen LogP contribution in [0.2, 0.25) is 0 Å². The van der Waals surface area contributed by atoms with Crippen LogP contribution in [0.4, 0.5) is 5.69 Å². The molecule has 1 saturated heterocycles. The summed E-state index contributed by atoms with van der Waals surface area (Å²) in [4.78, 5) is 15.7. The van der Waals surface area contributed by atoms with Crippen LogP contribution in [0.25, 0.3) is 0 Å². The zero-order valence-corrected chi connectivity index (χ0v) is 16.5. The molecule has 0 bridgehead atoms. The number of carbonyl (C=O) groups is 1. The van der Waals surface area contributed by atoms with Gasteiger partial charge in [0.1, 0.15) is 11.4 Å². The number of amides is 1. The van der Waals surface area contributed by atoms with Gasteiger partial charge in [0.25, 0.3) is 5.91 Å². The quantitative estimate of drug-likeness (QED) is 0.801. The maximum Gasteiger partial charge on any atom is 0.251 e. The Morgan fingerprint density at radius 1 is 1.26 bits per heavy atom. The average molecular weight is 370 g/mol. The Morgan fingerprint density at radius 2 is 1.96 bits per heavy atom. The molecule has 2 aliphatic carbocycles. The summed E-state index contributed by atoms with van der Waals surface area (Å²) in [6.07, 6.45) is 5.82. The average Bonchev–Trinajstić information content (AvgIpc) is 3.06. The lowest BCUT2D eigenvalue weighted by atomic mass is 9.96. The summed E-state index contributed by atoms with van der Waals surface area (Å²) in [7, 11) is 0. The molecule has 2 aliphatic heterocycles. The van der Waals surface area contributed by atoms with E-state index in [-0.39, 0.29) is 11.5 Å². The number of carbonyl (C=O) groups excluding carboxylic acids is 1. The van der Waals surface area contributed by atoms with E-state index >= 15 is 0 Å². The minimum Gasteiger partial charge on any atom is -0.485 e. The van der Waals surface area contributed by atoms with Gasteiger partial charge in [0.05, 0.1) is 5.69 Å².